The molecule has 0 aromatic heterocycles. The average molecular weight is 469 g/mol. The highest BCUT2D eigenvalue weighted by atomic mass is 16.6. The Morgan fingerprint density at radius 3 is 1.83 bits per heavy atom. The third-order valence-corrected chi connectivity index (χ3v) is 8.87. The molecule has 3 atom stereocenters. The number of carbonyl (C=O) groups excluding carboxylic acids is 2. The Morgan fingerprint density at radius 2 is 1.34 bits per heavy atom. The normalized spacial score (nSPS) is 24.8. The molecule has 35 heavy (non-hydrogen) atoms. The lowest BCUT2D eigenvalue weighted by molar-refractivity contribution is -0.189. The molecular weight excluding hydrogens is 436 g/mol. The molecule has 0 heterocycles. The zero-order chi connectivity index (χ0) is 24.7. The number of fused-ring (bicyclic) bond motifs is 2. The van der Waals surface area contributed by atoms with Gasteiger partial charge in [0.2, 0.25) is 0 Å². The molecule has 0 unspecified atom stereocenters. The summed E-state index contributed by atoms with van der Waals surface area (Å²) in [7, 11) is 1.75. The maximum atomic E-state index is 13.2. The molecule has 2 fully saturated rings. The van der Waals surface area contributed by atoms with E-state index in [2.05, 4.69) is 38.1 Å². The Bertz CT molecular complexity index is 1160. The predicted octanol–water partition coefficient (Wildman–Crippen LogP) is 6.20. The van der Waals surface area contributed by atoms with Crippen LogP contribution in [0.15, 0.2) is 91.0 Å². The Morgan fingerprint density at radius 1 is 0.829 bits per heavy atom. The first-order valence-corrected chi connectivity index (χ1v) is 12.3. The number of hydrogen-bond donors (Lipinski definition) is 0. The summed E-state index contributed by atoms with van der Waals surface area (Å²) in [5, 5.41) is 0. The minimum atomic E-state index is -0.856. The number of esters is 1. The lowest BCUT2D eigenvalue weighted by Gasteiger charge is -2.55. The van der Waals surface area contributed by atoms with Gasteiger partial charge < -0.3 is 9.47 Å². The van der Waals surface area contributed by atoms with Crippen LogP contribution in [0.2, 0.25) is 0 Å². The van der Waals surface area contributed by atoms with Gasteiger partial charge in [-0.25, -0.2) is 4.79 Å². The Kier molecular flexibility index (Phi) is 5.88. The minimum absolute atomic E-state index is 0.199. The number of ether oxygens (including phenoxy) is 2. The van der Waals surface area contributed by atoms with Crippen molar-refractivity contribution in [3.8, 4) is 0 Å². The second-order valence-corrected chi connectivity index (χ2v) is 10.4. The van der Waals surface area contributed by atoms with Crippen LogP contribution in [-0.4, -0.2) is 25.0 Å². The summed E-state index contributed by atoms with van der Waals surface area (Å²) in [6.45, 7) is 4.55. The Labute approximate surface area is 207 Å². The third-order valence-electron chi connectivity index (χ3n) is 8.87. The van der Waals surface area contributed by atoms with E-state index < -0.39 is 28.9 Å². The average Bonchev–Trinajstić information content (AvgIpc) is 3.28. The van der Waals surface area contributed by atoms with Crippen molar-refractivity contribution in [1.82, 2.24) is 0 Å². The molecule has 4 heteroatoms. The van der Waals surface area contributed by atoms with E-state index in [1.807, 2.05) is 42.5 Å². The lowest BCUT2D eigenvalue weighted by atomic mass is 9.54. The van der Waals surface area contributed by atoms with Gasteiger partial charge in [0.1, 0.15) is 11.7 Å². The van der Waals surface area contributed by atoms with Gasteiger partial charge in [-0.2, -0.15) is 0 Å². The number of rotatable bonds is 7. The van der Waals surface area contributed by atoms with Crippen molar-refractivity contribution >= 4 is 11.8 Å². The topological polar surface area (TPSA) is 52.6 Å². The van der Waals surface area contributed by atoms with Gasteiger partial charge in [-0.1, -0.05) is 105 Å². The number of methoxy groups -OCH3 is 1. The molecule has 0 N–H and O–H groups in total. The van der Waals surface area contributed by atoms with Crippen molar-refractivity contribution in [2.24, 2.45) is 16.7 Å². The largest absolute Gasteiger partial charge is 0.456 e. The molecule has 4 nitrogen and oxygen atoms in total. The molecule has 3 aromatic rings. The molecule has 2 aliphatic rings. The predicted molar refractivity (Wildman–Crippen MR) is 135 cm³/mol. The van der Waals surface area contributed by atoms with Gasteiger partial charge in [0.25, 0.3) is 5.78 Å². The number of Topliss-reactive ketones (excluding diaryl/α,β-unsaturated/α-hetero) is 1. The molecule has 2 bridgehead atoms. The molecule has 0 aliphatic heterocycles. The maximum Gasteiger partial charge on any atom is 0.379 e. The molecule has 0 saturated heterocycles. The van der Waals surface area contributed by atoms with Crippen LogP contribution in [0.5, 0.6) is 0 Å². The molecule has 0 amide bonds. The van der Waals surface area contributed by atoms with Gasteiger partial charge in [-0.05, 0) is 41.7 Å². The van der Waals surface area contributed by atoms with E-state index in [1.54, 1.807) is 31.4 Å². The van der Waals surface area contributed by atoms with Gasteiger partial charge in [0.15, 0.2) is 0 Å². The van der Waals surface area contributed by atoms with Crippen LogP contribution >= 0.6 is 0 Å². The van der Waals surface area contributed by atoms with Crippen LogP contribution in [0.3, 0.4) is 0 Å². The van der Waals surface area contributed by atoms with E-state index >= 15 is 0 Å². The molecule has 0 spiro atoms. The molecular formula is C31H32O4. The highest BCUT2D eigenvalue weighted by molar-refractivity contribution is 6.40. The maximum absolute atomic E-state index is 13.2. The fourth-order valence-electron chi connectivity index (χ4n) is 7.24. The van der Waals surface area contributed by atoms with Crippen LogP contribution in [0.1, 0.15) is 54.6 Å². The Balaban J connectivity index is 1.66. The van der Waals surface area contributed by atoms with Gasteiger partial charge in [0, 0.05) is 12.7 Å². The summed E-state index contributed by atoms with van der Waals surface area (Å²) in [6.07, 6.45) is 2.11. The van der Waals surface area contributed by atoms with Gasteiger partial charge >= 0.3 is 5.97 Å². The quantitative estimate of drug-likeness (QED) is 0.235. The van der Waals surface area contributed by atoms with Crippen molar-refractivity contribution in [3.05, 3.63) is 108 Å². The molecule has 2 saturated carbocycles. The molecule has 180 valence electrons. The monoisotopic (exact) mass is 468 g/mol. The zero-order valence-corrected chi connectivity index (χ0v) is 20.6. The second kappa shape index (κ2) is 8.76. The summed E-state index contributed by atoms with van der Waals surface area (Å²) in [5.74, 6) is -1.05. The first-order chi connectivity index (χ1) is 16.9. The van der Waals surface area contributed by atoms with Gasteiger partial charge in [0.05, 0.1) is 5.41 Å². The summed E-state index contributed by atoms with van der Waals surface area (Å²) < 4.78 is 12.8. The number of hydrogen-bond acceptors (Lipinski definition) is 4. The highest BCUT2D eigenvalue weighted by Gasteiger charge is 2.74. The molecule has 2 aliphatic carbocycles. The van der Waals surface area contributed by atoms with Crippen LogP contribution < -0.4 is 0 Å². The third kappa shape index (κ3) is 3.30. The van der Waals surface area contributed by atoms with Crippen molar-refractivity contribution < 1.29 is 19.1 Å². The number of benzene rings is 3. The fourth-order valence-corrected chi connectivity index (χ4v) is 7.24. The fraction of sp³-hybridized carbons (Fsp3) is 0.355. The van der Waals surface area contributed by atoms with Crippen LogP contribution in [0.4, 0.5) is 0 Å². The zero-order valence-electron chi connectivity index (χ0n) is 20.6. The molecule has 3 aromatic carbocycles. The van der Waals surface area contributed by atoms with Crippen molar-refractivity contribution in [2.75, 3.05) is 7.11 Å². The van der Waals surface area contributed by atoms with Crippen molar-refractivity contribution in [3.63, 3.8) is 0 Å². The van der Waals surface area contributed by atoms with E-state index in [-0.39, 0.29) is 5.41 Å². The smallest absolute Gasteiger partial charge is 0.379 e. The van der Waals surface area contributed by atoms with Crippen molar-refractivity contribution in [2.45, 2.75) is 44.8 Å². The summed E-state index contributed by atoms with van der Waals surface area (Å²) in [5.41, 5.74) is 0.785. The second-order valence-electron chi connectivity index (χ2n) is 10.4. The van der Waals surface area contributed by atoms with Gasteiger partial charge in [-0.15, -0.1) is 0 Å². The van der Waals surface area contributed by atoms with Gasteiger partial charge in [-0.3, -0.25) is 4.79 Å². The van der Waals surface area contributed by atoms with E-state index in [9.17, 15) is 9.59 Å². The SMILES string of the molecule is COC(c1ccccc1)(c1ccccc1)[C@@]12CC[C@@H](C[C@@H]1OC(=O)C(=O)c1ccccc1)C2(C)C. The van der Waals surface area contributed by atoms with Crippen LogP contribution in [0.25, 0.3) is 0 Å². The first-order valence-electron chi connectivity index (χ1n) is 12.3. The Hall–Kier alpha value is -3.24. The summed E-state index contributed by atoms with van der Waals surface area (Å²) >= 11 is 0. The minimum Gasteiger partial charge on any atom is -0.456 e. The van der Waals surface area contributed by atoms with E-state index in [4.69, 9.17) is 9.47 Å². The standard InChI is InChI=1S/C31H32O4/c1-29(2)25-19-20-30(29,26(21-25)35-28(33)27(32)22-13-7-4-8-14-22)31(34-3,23-15-9-5-10-16-23)24-17-11-6-12-18-24/h4-18,25-26H,19-21H2,1-3H3/t25-,26-,30-/m0/s1. The highest BCUT2D eigenvalue weighted by Crippen LogP contribution is 2.74. The first kappa shape index (κ1) is 23.5. The van der Waals surface area contributed by atoms with Crippen LogP contribution in [-0.2, 0) is 19.9 Å². The van der Waals surface area contributed by atoms with E-state index in [1.165, 1.54) is 0 Å². The number of ketones is 1. The van der Waals surface area contributed by atoms with Crippen molar-refractivity contribution in [1.29, 1.82) is 0 Å². The molecule has 0 radical (unpaired) electrons. The summed E-state index contributed by atoms with van der Waals surface area (Å²) in [6, 6.07) is 29.1. The van der Waals surface area contributed by atoms with E-state index in [0.29, 0.717) is 17.9 Å². The number of carbonyl (C=O) groups is 2. The molecule has 5 rings (SSSR count). The summed E-state index contributed by atoms with van der Waals surface area (Å²) in [4.78, 5) is 26.2. The lowest BCUT2D eigenvalue weighted by Crippen LogP contribution is -2.58. The van der Waals surface area contributed by atoms with Crippen LogP contribution in [0, 0.1) is 16.7 Å². The van der Waals surface area contributed by atoms with E-state index in [0.717, 1.165) is 24.0 Å².